The van der Waals surface area contributed by atoms with E-state index in [1.54, 1.807) is 0 Å². The van der Waals surface area contributed by atoms with Gasteiger partial charge >= 0.3 is 0 Å². The summed E-state index contributed by atoms with van der Waals surface area (Å²) in [6.07, 6.45) is 3.71. The van der Waals surface area contributed by atoms with E-state index in [1.807, 2.05) is 13.8 Å². The Bertz CT molecular complexity index is 427. The van der Waals surface area contributed by atoms with Crippen LogP contribution in [0.2, 0.25) is 0 Å². The van der Waals surface area contributed by atoms with Crippen molar-refractivity contribution in [3.8, 4) is 0 Å². The van der Waals surface area contributed by atoms with Crippen LogP contribution in [0, 0.1) is 0 Å². The smallest absolute Gasteiger partial charge is 0.234 e. The van der Waals surface area contributed by atoms with E-state index < -0.39 is 0 Å². The molecule has 2 rings (SSSR count). The normalized spacial score (nSPS) is 13.7. The summed E-state index contributed by atoms with van der Waals surface area (Å²) in [6.45, 7) is 5.09. The van der Waals surface area contributed by atoms with Crippen LogP contribution >= 0.6 is 0 Å². The van der Waals surface area contributed by atoms with Crippen molar-refractivity contribution in [2.45, 2.75) is 45.7 Å². The lowest BCUT2D eigenvalue weighted by molar-refractivity contribution is -0.120. The average molecular weight is 246 g/mol. The number of hydrogen-bond acceptors (Lipinski definition) is 2. The molecular formula is C15H22N2O. The molecule has 1 aromatic carbocycles. The molecule has 0 saturated heterocycles. The van der Waals surface area contributed by atoms with Crippen LogP contribution in [0.25, 0.3) is 0 Å². The van der Waals surface area contributed by atoms with Gasteiger partial charge in [0.05, 0.1) is 6.54 Å². The van der Waals surface area contributed by atoms with Crippen molar-refractivity contribution in [2.24, 2.45) is 0 Å². The van der Waals surface area contributed by atoms with Gasteiger partial charge in [0.1, 0.15) is 0 Å². The molecule has 1 aliphatic rings. The summed E-state index contributed by atoms with van der Waals surface area (Å²) in [4.78, 5) is 11.5. The minimum Gasteiger partial charge on any atom is -0.353 e. The molecule has 0 atom stereocenters. The van der Waals surface area contributed by atoms with E-state index in [4.69, 9.17) is 0 Å². The summed E-state index contributed by atoms with van der Waals surface area (Å²) < 4.78 is 0. The Hall–Kier alpha value is -1.35. The van der Waals surface area contributed by atoms with Crippen LogP contribution in [0.1, 0.15) is 37.0 Å². The van der Waals surface area contributed by atoms with Gasteiger partial charge in [-0.05, 0) is 49.8 Å². The number of carbonyl (C=O) groups excluding carboxylic acids is 1. The average Bonchev–Trinajstić information content (AvgIpc) is 2.75. The number of aryl methyl sites for hydroxylation is 2. The molecule has 0 saturated carbocycles. The summed E-state index contributed by atoms with van der Waals surface area (Å²) >= 11 is 0. The molecule has 0 spiro atoms. The van der Waals surface area contributed by atoms with Crippen molar-refractivity contribution in [1.29, 1.82) is 0 Å². The molecule has 3 heteroatoms. The molecule has 0 unspecified atom stereocenters. The van der Waals surface area contributed by atoms with Crippen molar-refractivity contribution in [3.63, 3.8) is 0 Å². The number of amides is 1. The van der Waals surface area contributed by atoms with Crippen molar-refractivity contribution in [2.75, 3.05) is 6.54 Å². The third-order valence-electron chi connectivity index (χ3n) is 3.23. The van der Waals surface area contributed by atoms with E-state index >= 15 is 0 Å². The topological polar surface area (TPSA) is 41.1 Å². The van der Waals surface area contributed by atoms with Gasteiger partial charge in [0, 0.05) is 12.6 Å². The van der Waals surface area contributed by atoms with Crippen molar-refractivity contribution in [1.82, 2.24) is 10.6 Å². The van der Waals surface area contributed by atoms with Gasteiger partial charge in [-0.3, -0.25) is 4.79 Å². The van der Waals surface area contributed by atoms with Crippen LogP contribution in [-0.4, -0.2) is 18.5 Å². The molecule has 98 valence electrons. The molecule has 0 aliphatic heterocycles. The van der Waals surface area contributed by atoms with Crippen LogP contribution in [0.3, 0.4) is 0 Å². The second-order valence-electron chi connectivity index (χ2n) is 5.28. The first-order valence-corrected chi connectivity index (χ1v) is 6.76. The van der Waals surface area contributed by atoms with Gasteiger partial charge in [-0.2, -0.15) is 0 Å². The largest absolute Gasteiger partial charge is 0.353 e. The Morgan fingerprint density at radius 3 is 2.83 bits per heavy atom. The van der Waals surface area contributed by atoms with Crippen molar-refractivity contribution < 1.29 is 4.79 Å². The first-order chi connectivity index (χ1) is 8.65. The number of fused-ring (bicyclic) bond motifs is 1. The van der Waals surface area contributed by atoms with E-state index in [2.05, 4.69) is 28.8 Å². The van der Waals surface area contributed by atoms with Gasteiger partial charge in [-0.25, -0.2) is 0 Å². The van der Waals surface area contributed by atoms with Gasteiger partial charge in [0.2, 0.25) is 5.91 Å². The molecule has 2 N–H and O–H groups in total. The Labute approximate surface area is 109 Å². The fourth-order valence-corrected chi connectivity index (χ4v) is 2.43. The highest BCUT2D eigenvalue weighted by molar-refractivity contribution is 5.78. The van der Waals surface area contributed by atoms with Gasteiger partial charge in [-0.1, -0.05) is 18.2 Å². The number of carbonyl (C=O) groups is 1. The number of benzene rings is 1. The minimum absolute atomic E-state index is 0.0613. The van der Waals surface area contributed by atoms with E-state index in [1.165, 1.54) is 36.0 Å². The van der Waals surface area contributed by atoms with E-state index in [0.717, 1.165) is 6.54 Å². The van der Waals surface area contributed by atoms with Gasteiger partial charge < -0.3 is 10.6 Å². The Morgan fingerprint density at radius 1 is 1.28 bits per heavy atom. The van der Waals surface area contributed by atoms with Gasteiger partial charge in [0.25, 0.3) is 0 Å². The number of rotatable bonds is 5. The predicted molar refractivity (Wildman–Crippen MR) is 73.5 cm³/mol. The summed E-state index contributed by atoms with van der Waals surface area (Å²) in [7, 11) is 0. The minimum atomic E-state index is 0.0613. The van der Waals surface area contributed by atoms with Gasteiger partial charge in [0.15, 0.2) is 0 Å². The molecular weight excluding hydrogens is 224 g/mol. The van der Waals surface area contributed by atoms with Crippen LogP contribution in [-0.2, 0) is 24.2 Å². The van der Waals surface area contributed by atoms with Crippen molar-refractivity contribution >= 4 is 5.91 Å². The Balaban J connectivity index is 1.78. The zero-order valence-corrected chi connectivity index (χ0v) is 11.3. The lowest BCUT2D eigenvalue weighted by Gasteiger charge is -2.10. The maximum absolute atomic E-state index is 11.5. The SMILES string of the molecule is CC(C)NC(=O)CNCc1ccc2c(c1)CCC2. The summed E-state index contributed by atoms with van der Waals surface area (Å²) in [5.41, 5.74) is 4.25. The van der Waals surface area contributed by atoms with Crippen LogP contribution < -0.4 is 10.6 Å². The highest BCUT2D eigenvalue weighted by Gasteiger charge is 2.10. The van der Waals surface area contributed by atoms with Crippen LogP contribution in [0.4, 0.5) is 0 Å². The summed E-state index contributed by atoms with van der Waals surface area (Å²) in [5, 5.41) is 6.06. The first-order valence-electron chi connectivity index (χ1n) is 6.76. The monoisotopic (exact) mass is 246 g/mol. The molecule has 1 aromatic rings. The van der Waals surface area contributed by atoms with Crippen LogP contribution in [0.5, 0.6) is 0 Å². The first kappa shape index (κ1) is 13.1. The fourth-order valence-electron chi connectivity index (χ4n) is 2.43. The number of hydrogen-bond donors (Lipinski definition) is 2. The molecule has 1 amide bonds. The standard InChI is InChI=1S/C15H22N2O/c1-11(2)17-15(18)10-16-9-12-6-7-13-4-3-5-14(13)8-12/h6-8,11,16H,3-5,9-10H2,1-2H3,(H,17,18). The highest BCUT2D eigenvalue weighted by atomic mass is 16.1. The van der Waals surface area contributed by atoms with Gasteiger partial charge in [-0.15, -0.1) is 0 Å². The second kappa shape index (κ2) is 6.01. The van der Waals surface area contributed by atoms with E-state index in [0.29, 0.717) is 6.54 Å². The maximum Gasteiger partial charge on any atom is 0.234 e. The Morgan fingerprint density at radius 2 is 2.06 bits per heavy atom. The molecule has 0 bridgehead atoms. The summed E-state index contributed by atoms with van der Waals surface area (Å²) in [6, 6.07) is 6.88. The molecule has 1 aliphatic carbocycles. The second-order valence-corrected chi connectivity index (χ2v) is 5.28. The maximum atomic E-state index is 11.5. The quantitative estimate of drug-likeness (QED) is 0.831. The molecule has 0 radical (unpaired) electrons. The molecule has 0 heterocycles. The van der Waals surface area contributed by atoms with Crippen LogP contribution in [0.15, 0.2) is 18.2 Å². The lowest BCUT2D eigenvalue weighted by Crippen LogP contribution is -2.37. The van der Waals surface area contributed by atoms with Crippen molar-refractivity contribution in [3.05, 3.63) is 34.9 Å². The molecule has 0 aromatic heterocycles. The zero-order valence-electron chi connectivity index (χ0n) is 11.3. The third-order valence-corrected chi connectivity index (χ3v) is 3.23. The fraction of sp³-hybridized carbons (Fsp3) is 0.533. The number of nitrogens with one attached hydrogen (secondary N) is 2. The highest BCUT2D eigenvalue weighted by Crippen LogP contribution is 2.22. The predicted octanol–water partition coefficient (Wildman–Crippen LogP) is 1.79. The molecule has 3 nitrogen and oxygen atoms in total. The molecule has 0 fully saturated rings. The Kier molecular flexibility index (Phi) is 4.37. The summed E-state index contributed by atoms with van der Waals surface area (Å²) in [5.74, 6) is 0.0613. The van der Waals surface area contributed by atoms with E-state index in [9.17, 15) is 4.79 Å². The lowest BCUT2D eigenvalue weighted by atomic mass is 10.1. The molecule has 18 heavy (non-hydrogen) atoms. The third kappa shape index (κ3) is 3.57. The zero-order chi connectivity index (χ0) is 13.0. The van der Waals surface area contributed by atoms with E-state index in [-0.39, 0.29) is 11.9 Å².